The third-order valence-corrected chi connectivity index (χ3v) is 3.55. The van der Waals surface area contributed by atoms with E-state index in [4.69, 9.17) is 5.73 Å². The molecule has 0 fully saturated rings. The first-order valence-corrected chi connectivity index (χ1v) is 6.28. The molecule has 0 aromatic carbocycles. The summed E-state index contributed by atoms with van der Waals surface area (Å²) in [5.41, 5.74) is 10.3. The molecule has 1 aliphatic rings. The summed E-state index contributed by atoms with van der Waals surface area (Å²) in [6, 6.07) is 4.16. The summed E-state index contributed by atoms with van der Waals surface area (Å²) in [4.78, 5) is 13.0. The molecular formula is C14H16N4. The summed E-state index contributed by atoms with van der Waals surface area (Å²) in [5, 5.41) is 0. The molecule has 2 heterocycles. The highest BCUT2D eigenvalue weighted by atomic mass is 15.0. The van der Waals surface area contributed by atoms with E-state index in [0.29, 0.717) is 5.95 Å². The highest BCUT2D eigenvalue weighted by Crippen LogP contribution is 2.35. The van der Waals surface area contributed by atoms with Crippen molar-refractivity contribution in [3.05, 3.63) is 47.0 Å². The topological polar surface area (TPSA) is 64.7 Å². The molecule has 0 radical (unpaired) electrons. The van der Waals surface area contributed by atoms with Gasteiger partial charge in [0, 0.05) is 18.3 Å². The molecule has 3 rings (SSSR count). The van der Waals surface area contributed by atoms with Crippen molar-refractivity contribution in [3.8, 4) is 0 Å². The predicted molar refractivity (Wildman–Crippen MR) is 70.2 cm³/mol. The van der Waals surface area contributed by atoms with E-state index in [1.54, 1.807) is 6.20 Å². The van der Waals surface area contributed by atoms with Crippen molar-refractivity contribution >= 4 is 5.95 Å². The van der Waals surface area contributed by atoms with Crippen molar-refractivity contribution in [2.24, 2.45) is 0 Å². The highest BCUT2D eigenvalue weighted by Gasteiger charge is 2.25. The quantitative estimate of drug-likeness (QED) is 0.830. The zero-order chi connectivity index (χ0) is 12.5. The second-order valence-corrected chi connectivity index (χ2v) is 4.79. The van der Waals surface area contributed by atoms with Gasteiger partial charge >= 0.3 is 0 Å². The van der Waals surface area contributed by atoms with Crippen LogP contribution in [0, 0.1) is 6.92 Å². The van der Waals surface area contributed by atoms with Gasteiger partial charge in [0.1, 0.15) is 0 Å². The number of hydrogen-bond donors (Lipinski definition) is 1. The minimum absolute atomic E-state index is 0.264. The van der Waals surface area contributed by atoms with Gasteiger partial charge in [0.2, 0.25) is 5.95 Å². The molecule has 18 heavy (non-hydrogen) atoms. The number of nitrogens with zero attached hydrogens (tertiary/aromatic N) is 3. The molecule has 1 atom stereocenters. The Kier molecular flexibility index (Phi) is 2.70. The van der Waals surface area contributed by atoms with E-state index >= 15 is 0 Å². The van der Waals surface area contributed by atoms with Crippen LogP contribution >= 0.6 is 0 Å². The first kappa shape index (κ1) is 11.1. The lowest BCUT2D eigenvalue weighted by molar-refractivity contribution is 0.584. The van der Waals surface area contributed by atoms with E-state index in [0.717, 1.165) is 29.8 Å². The van der Waals surface area contributed by atoms with E-state index in [2.05, 4.69) is 21.0 Å². The molecule has 0 saturated heterocycles. The number of anilines is 1. The average molecular weight is 240 g/mol. The molecule has 4 nitrogen and oxygen atoms in total. The fraction of sp³-hybridized carbons (Fsp3) is 0.357. The Labute approximate surface area is 106 Å². The molecule has 2 N–H and O–H groups in total. The van der Waals surface area contributed by atoms with Crippen LogP contribution in [-0.4, -0.2) is 15.0 Å². The Morgan fingerprint density at radius 1 is 1.28 bits per heavy atom. The maximum Gasteiger partial charge on any atom is 0.220 e. The maximum atomic E-state index is 5.71. The molecule has 1 unspecified atom stereocenters. The Balaban J connectivity index is 2.11. The Bertz CT molecular complexity index is 580. The van der Waals surface area contributed by atoms with Crippen LogP contribution in [0.4, 0.5) is 5.95 Å². The molecule has 1 aliphatic carbocycles. The van der Waals surface area contributed by atoms with Crippen LogP contribution in [0.5, 0.6) is 0 Å². The number of rotatable bonds is 1. The van der Waals surface area contributed by atoms with Crippen molar-refractivity contribution in [2.75, 3.05) is 5.73 Å². The zero-order valence-corrected chi connectivity index (χ0v) is 10.4. The van der Waals surface area contributed by atoms with Crippen LogP contribution in [0.25, 0.3) is 0 Å². The van der Waals surface area contributed by atoms with Crippen molar-refractivity contribution in [1.82, 2.24) is 15.0 Å². The van der Waals surface area contributed by atoms with Gasteiger partial charge in [-0.15, -0.1) is 0 Å². The summed E-state index contributed by atoms with van der Waals surface area (Å²) in [7, 11) is 0. The van der Waals surface area contributed by atoms with Crippen molar-refractivity contribution in [1.29, 1.82) is 0 Å². The third-order valence-electron chi connectivity index (χ3n) is 3.55. The van der Waals surface area contributed by atoms with Gasteiger partial charge < -0.3 is 5.73 Å². The molecule has 0 aliphatic heterocycles. The van der Waals surface area contributed by atoms with Gasteiger partial charge in [0.15, 0.2) is 0 Å². The fourth-order valence-corrected chi connectivity index (χ4v) is 2.70. The summed E-state index contributed by atoms with van der Waals surface area (Å²) in [5.74, 6) is 0.610. The largest absolute Gasteiger partial charge is 0.368 e. The Morgan fingerprint density at radius 2 is 2.17 bits per heavy atom. The van der Waals surface area contributed by atoms with Crippen molar-refractivity contribution in [3.63, 3.8) is 0 Å². The SMILES string of the molecule is Cc1cnc(N)nc1C1CCCc2cccnc21. The van der Waals surface area contributed by atoms with Crippen LogP contribution in [-0.2, 0) is 6.42 Å². The molecule has 0 spiro atoms. The van der Waals surface area contributed by atoms with E-state index in [1.165, 1.54) is 12.0 Å². The smallest absolute Gasteiger partial charge is 0.220 e. The maximum absolute atomic E-state index is 5.71. The number of pyridine rings is 1. The van der Waals surface area contributed by atoms with Gasteiger partial charge in [-0.1, -0.05) is 6.07 Å². The summed E-state index contributed by atoms with van der Waals surface area (Å²) >= 11 is 0. The minimum Gasteiger partial charge on any atom is -0.368 e. The number of nitrogens with two attached hydrogens (primary N) is 1. The molecule has 0 bridgehead atoms. The van der Waals surface area contributed by atoms with E-state index in [-0.39, 0.29) is 5.92 Å². The molecule has 4 heteroatoms. The molecular weight excluding hydrogens is 224 g/mol. The van der Waals surface area contributed by atoms with Gasteiger partial charge in [-0.3, -0.25) is 4.98 Å². The summed E-state index contributed by atoms with van der Waals surface area (Å²) in [6.07, 6.45) is 7.03. The molecule has 0 saturated carbocycles. The van der Waals surface area contributed by atoms with Crippen LogP contribution < -0.4 is 5.73 Å². The van der Waals surface area contributed by atoms with E-state index < -0.39 is 0 Å². The lowest BCUT2D eigenvalue weighted by Crippen LogP contribution is -2.16. The van der Waals surface area contributed by atoms with Crippen molar-refractivity contribution < 1.29 is 0 Å². The highest BCUT2D eigenvalue weighted by molar-refractivity contribution is 5.37. The second kappa shape index (κ2) is 4.37. The predicted octanol–water partition coefficient (Wildman–Crippen LogP) is 2.23. The first-order chi connectivity index (χ1) is 8.75. The second-order valence-electron chi connectivity index (χ2n) is 4.79. The fourth-order valence-electron chi connectivity index (χ4n) is 2.70. The number of hydrogen-bond acceptors (Lipinski definition) is 4. The van der Waals surface area contributed by atoms with E-state index in [9.17, 15) is 0 Å². The Hall–Kier alpha value is -1.97. The number of aryl methyl sites for hydroxylation is 2. The molecule has 2 aromatic heterocycles. The summed E-state index contributed by atoms with van der Waals surface area (Å²) < 4.78 is 0. The van der Waals surface area contributed by atoms with Gasteiger partial charge in [-0.2, -0.15) is 0 Å². The molecule has 2 aromatic rings. The first-order valence-electron chi connectivity index (χ1n) is 6.28. The zero-order valence-electron chi connectivity index (χ0n) is 10.4. The number of nitrogen functional groups attached to an aromatic ring is 1. The van der Waals surface area contributed by atoms with Gasteiger partial charge in [0.25, 0.3) is 0 Å². The average Bonchev–Trinajstić information content (AvgIpc) is 2.41. The van der Waals surface area contributed by atoms with Gasteiger partial charge in [-0.25, -0.2) is 9.97 Å². The number of aromatic nitrogens is 3. The van der Waals surface area contributed by atoms with Crippen LogP contribution in [0.15, 0.2) is 24.5 Å². The molecule has 0 amide bonds. The number of fused-ring (bicyclic) bond motifs is 1. The minimum atomic E-state index is 0.264. The van der Waals surface area contributed by atoms with Crippen molar-refractivity contribution in [2.45, 2.75) is 32.1 Å². The van der Waals surface area contributed by atoms with E-state index in [1.807, 2.05) is 19.2 Å². The van der Waals surface area contributed by atoms with Gasteiger partial charge in [0.05, 0.1) is 11.4 Å². The lowest BCUT2D eigenvalue weighted by Gasteiger charge is -2.24. The molecule has 92 valence electrons. The normalized spacial score (nSPS) is 18.4. The third kappa shape index (κ3) is 1.83. The lowest BCUT2D eigenvalue weighted by atomic mass is 9.83. The summed E-state index contributed by atoms with van der Waals surface area (Å²) in [6.45, 7) is 2.03. The van der Waals surface area contributed by atoms with Crippen LogP contribution in [0.3, 0.4) is 0 Å². The van der Waals surface area contributed by atoms with Gasteiger partial charge in [-0.05, 0) is 43.4 Å². The monoisotopic (exact) mass is 240 g/mol. The van der Waals surface area contributed by atoms with Crippen LogP contribution in [0.1, 0.15) is 41.3 Å². The Morgan fingerprint density at radius 3 is 3.06 bits per heavy atom. The van der Waals surface area contributed by atoms with Crippen LogP contribution in [0.2, 0.25) is 0 Å². The standard InChI is InChI=1S/C14H16N4/c1-9-8-17-14(15)18-12(9)11-6-2-4-10-5-3-7-16-13(10)11/h3,5,7-8,11H,2,4,6H2,1H3,(H2,15,17,18).